The molecule has 0 aliphatic heterocycles. The molecule has 2 aromatic carbocycles. The Morgan fingerprint density at radius 3 is 2.52 bits per heavy atom. The summed E-state index contributed by atoms with van der Waals surface area (Å²) in [6, 6.07) is 11.2. The zero-order valence-electron chi connectivity index (χ0n) is 15.6. The van der Waals surface area contributed by atoms with Crippen molar-refractivity contribution < 1.29 is 26.4 Å². The van der Waals surface area contributed by atoms with Crippen molar-refractivity contribution in [3.05, 3.63) is 65.0 Å². The molecule has 0 N–H and O–H groups in total. The van der Waals surface area contributed by atoms with Crippen molar-refractivity contribution in [2.45, 2.75) is 42.1 Å². The maximum absolute atomic E-state index is 12.6. The first-order valence-electron chi connectivity index (χ1n) is 8.52. The SMILES string of the molecule is Cc1ccc(C)c(OCc2nnc(SCc3ccc(S(=O)(=O)C(F)F)cc3)o2)c1. The number of rotatable bonds is 8. The Hall–Kier alpha value is -2.46. The fourth-order valence-corrected chi connectivity index (χ4v) is 3.84. The van der Waals surface area contributed by atoms with E-state index in [4.69, 9.17) is 9.15 Å². The van der Waals surface area contributed by atoms with E-state index < -0.39 is 20.5 Å². The van der Waals surface area contributed by atoms with Gasteiger partial charge in [-0.1, -0.05) is 36.0 Å². The highest BCUT2D eigenvalue weighted by Crippen LogP contribution is 2.25. The second-order valence-corrected chi connectivity index (χ2v) is 9.10. The molecule has 1 heterocycles. The lowest BCUT2D eigenvalue weighted by molar-refractivity contribution is 0.234. The molecular weight excluding hydrogens is 422 g/mol. The summed E-state index contributed by atoms with van der Waals surface area (Å²) in [5, 5.41) is 8.20. The largest absolute Gasteiger partial charge is 0.484 e. The minimum absolute atomic E-state index is 0.137. The van der Waals surface area contributed by atoms with E-state index in [1.54, 1.807) is 0 Å². The van der Waals surface area contributed by atoms with Gasteiger partial charge in [0.1, 0.15) is 5.75 Å². The summed E-state index contributed by atoms with van der Waals surface area (Å²) in [7, 11) is -4.59. The van der Waals surface area contributed by atoms with Gasteiger partial charge in [0, 0.05) is 5.75 Å². The maximum Gasteiger partial charge on any atom is 0.341 e. The molecule has 154 valence electrons. The van der Waals surface area contributed by atoms with Gasteiger partial charge in [0.25, 0.3) is 11.1 Å². The van der Waals surface area contributed by atoms with E-state index >= 15 is 0 Å². The van der Waals surface area contributed by atoms with Gasteiger partial charge >= 0.3 is 5.76 Å². The van der Waals surface area contributed by atoms with Gasteiger partial charge in [0.05, 0.1) is 4.90 Å². The van der Waals surface area contributed by atoms with Crippen molar-refractivity contribution in [1.29, 1.82) is 0 Å². The first-order valence-corrected chi connectivity index (χ1v) is 11.0. The minimum atomic E-state index is -4.59. The Kier molecular flexibility index (Phi) is 6.53. The Bertz CT molecular complexity index is 1080. The highest BCUT2D eigenvalue weighted by atomic mass is 32.2. The molecule has 0 unspecified atom stereocenters. The van der Waals surface area contributed by atoms with Gasteiger partial charge in [-0.15, -0.1) is 10.2 Å². The topological polar surface area (TPSA) is 82.3 Å². The summed E-state index contributed by atoms with van der Waals surface area (Å²) in [6.45, 7) is 4.06. The molecule has 0 spiro atoms. The Morgan fingerprint density at radius 1 is 1.10 bits per heavy atom. The van der Waals surface area contributed by atoms with Crippen LogP contribution in [0.25, 0.3) is 0 Å². The average Bonchev–Trinajstić information content (AvgIpc) is 3.15. The van der Waals surface area contributed by atoms with Crippen LogP contribution in [-0.2, 0) is 22.2 Å². The molecule has 1 aromatic heterocycles. The number of nitrogens with zero attached hydrogens (tertiary/aromatic N) is 2. The fourth-order valence-electron chi connectivity index (χ4n) is 2.38. The predicted octanol–water partition coefficient (Wildman–Crippen LogP) is 4.55. The number of ether oxygens (including phenoxy) is 1. The van der Waals surface area contributed by atoms with Crippen LogP contribution in [0, 0.1) is 13.8 Å². The fraction of sp³-hybridized carbons (Fsp3) is 0.263. The Morgan fingerprint density at radius 2 is 1.83 bits per heavy atom. The van der Waals surface area contributed by atoms with Gasteiger partial charge in [0.15, 0.2) is 6.61 Å². The predicted molar refractivity (Wildman–Crippen MR) is 104 cm³/mol. The Balaban J connectivity index is 1.56. The third-order valence-electron chi connectivity index (χ3n) is 3.99. The van der Waals surface area contributed by atoms with Crippen molar-refractivity contribution in [1.82, 2.24) is 10.2 Å². The average molecular weight is 440 g/mol. The first-order chi connectivity index (χ1) is 13.8. The third kappa shape index (κ3) is 5.33. The van der Waals surface area contributed by atoms with Gasteiger partial charge < -0.3 is 9.15 Å². The van der Waals surface area contributed by atoms with Crippen molar-refractivity contribution in [3.63, 3.8) is 0 Å². The smallest absolute Gasteiger partial charge is 0.341 e. The number of hydrogen-bond donors (Lipinski definition) is 0. The normalized spacial score (nSPS) is 11.8. The Labute approximate surface area is 171 Å². The van der Waals surface area contributed by atoms with Crippen molar-refractivity contribution in [2.75, 3.05) is 0 Å². The van der Waals surface area contributed by atoms with E-state index in [0.29, 0.717) is 16.9 Å². The highest BCUT2D eigenvalue weighted by Gasteiger charge is 2.26. The molecule has 0 saturated heterocycles. The molecule has 0 aliphatic carbocycles. The quantitative estimate of drug-likeness (QED) is 0.475. The summed E-state index contributed by atoms with van der Waals surface area (Å²) in [5.74, 6) is -1.96. The number of aryl methyl sites for hydroxylation is 2. The number of alkyl halides is 2. The van der Waals surface area contributed by atoms with Gasteiger partial charge in [-0.3, -0.25) is 0 Å². The lowest BCUT2D eigenvalue weighted by atomic mass is 10.1. The number of sulfone groups is 1. The van der Waals surface area contributed by atoms with Crippen LogP contribution in [0.1, 0.15) is 22.6 Å². The van der Waals surface area contributed by atoms with E-state index in [-0.39, 0.29) is 6.61 Å². The molecule has 0 atom stereocenters. The lowest BCUT2D eigenvalue weighted by Gasteiger charge is -2.07. The molecule has 0 bridgehead atoms. The lowest BCUT2D eigenvalue weighted by Crippen LogP contribution is -2.11. The van der Waals surface area contributed by atoms with Crippen LogP contribution in [0.2, 0.25) is 0 Å². The monoisotopic (exact) mass is 440 g/mol. The number of benzene rings is 2. The van der Waals surface area contributed by atoms with E-state index in [1.165, 1.54) is 23.9 Å². The van der Waals surface area contributed by atoms with Crippen LogP contribution < -0.4 is 4.74 Å². The second kappa shape index (κ2) is 8.91. The summed E-state index contributed by atoms with van der Waals surface area (Å²) in [4.78, 5) is -0.412. The molecule has 0 saturated carbocycles. The molecular formula is C19H18F2N2O4S2. The summed E-state index contributed by atoms with van der Waals surface area (Å²) in [6.07, 6.45) is 0. The molecule has 6 nitrogen and oxygen atoms in total. The summed E-state index contributed by atoms with van der Waals surface area (Å²) >= 11 is 1.25. The van der Waals surface area contributed by atoms with Crippen LogP contribution in [-0.4, -0.2) is 24.4 Å². The van der Waals surface area contributed by atoms with Crippen molar-refractivity contribution in [3.8, 4) is 5.75 Å². The van der Waals surface area contributed by atoms with E-state index in [1.807, 2.05) is 32.0 Å². The minimum Gasteiger partial charge on any atom is -0.484 e. The van der Waals surface area contributed by atoms with Crippen LogP contribution in [0.15, 0.2) is 57.0 Å². The van der Waals surface area contributed by atoms with Crippen molar-refractivity contribution >= 4 is 21.6 Å². The van der Waals surface area contributed by atoms with Crippen LogP contribution >= 0.6 is 11.8 Å². The molecule has 0 radical (unpaired) electrons. The molecule has 0 aliphatic rings. The van der Waals surface area contributed by atoms with E-state index in [2.05, 4.69) is 10.2 Å². The molecule has 0 fully saturated rings. The molecule has 29 heavy (non-hydrogen) atoms. The summed E-state index contributed by atoms with van der Waals surface area (Å²) < 4.78 is 59.2. The zero-order valence-corrected chi connectivity index (χ0v) is 17.3. The van der Waals surface area contributed by atoms with Crippen LogP contribution in [0.5, 0.6) is 5.75 Å². The molecule has 10 heteroatoms. The van der Waals surface area contributed by atoms with Gasteiger partial charge in [-0.05, 0) is 48.7 Å². The van der Waals surface area contributed by atoms with Gasteiger partial charge in [-0.2, -0.15) is 8.78 Å². The molecule has 0 amide bonds. The second-order valence-electron chi connectivity index (χ2n) is 6.26. The third-order valence-corrected chi connectivity index (χ3v) is 6.28. The van der Waals surface area contributed by atoms with Crippen LogP contribution in [0.3, 0.4) is 0 Å². The van der Waals surface area contributed by atoms with Gasteiger partial charge in [0.2, 0.25) is 9.84 Å². The number of thioether (sulfide) groups is 1. The molecule has 3 rings (SSSR count). The maximum atomic E-state index is 12.6. The first kappa shape index (κ1) is 21.3. The van der Waals surface area contributed by atoms with Crippen LogP contribution in [0.4, 0.5) is 8.78 Å². The number of aromatic nitrogens is 2. The van der Waals surface area contributed by atoms with E-state index in [0.717, 1.165) is 34.6 Å². The standard InChI is InChI=1S/C19H18F2N2O4S2/c1-12-3-4-13(2)16(9-12)26-10-17-22-23-19(27-17)28-11-14-5-7-15(8-6-14)29(24,25)18(20)21/h3-9,18H,10-11H2,1-2H3. The summed E-state index contributed by atoms with van der Waals surface area (Å²) in [5.41, 5.74) is 2.82. The van der Waals surface area contributed by atoms with Crippen molar-refractivity contribution in [2.24, 2.45) is 0 Å². The van der Waals surface area contributed by atoms with Gasteiger partial charge in [-0.25, -0.2) is 8.42 Å². The highest BCUT2D eigenvalue weighted by molar-refractivity contribution is 7.98. The zero-order chi connectivity index (χ0) is 21.0. The number of hydrogen-bond acceptors (Lipinski definition) is 7. The molecule has 3 aromatic rings. The number of halogens is 2. The van der Waals surface area contributed by atoms with E-state index in [9.17, 15) is 17.2 Å².